The second-order valence-corrected chi connectivity index (χ2v) is 4.72. The number of hydrogen-bond donors (Lipinski definition) is 2. The third-order valence-corrected chi connectivity index (χ3v) is 3.43. The molecule has 1 amide bonds. The van der Waals surface area contributed by atoms with Crippen molar-refractivity contribution >= 4 is 11.5 Å². The summed E-state index contributed by atoms with van der Waals surface area (Å²) in [5.74, 6) is -0.697. The van der Waals surface area contributed by atoms with Crippen molar-refractivity contribution in [3.8, 4) is 0 Å². The third kappa shape index (κ3) is 2.08. The minimum atomic E-state index is -0.514. The van der Waals surface area contributed by atoms with E-state index in [1.54, 1.807) is 4.68 Å². The molecule has 1 aromatic heterocycles. The van der Waals surface area contributed by atoms with Gasteiger partial charge >= 0.3 is 0 Å². The lowest BCUT2D eigenvalue weighted by atomic mass is 9.99. The fraction of sp³-hybridized carbons (Fsp3) is 0.385. The number of halogens is 1. The molecule has 1 aromatic rings. The summed E-state index contributed by atoms with van der Waals surface area (Å²) < 4.78 is 15.2. The average molecular weight is 262 g/mol. The van der Waals surface area contributed by atoms with E-state index in [0.717, 1.165) is 12.2 Å². The summed E-state index contributed by atoms with van der Waals surface area (Å²) in [6.45, 7) is 2.05. The lowest BCUT2D eigenvalue weighted by molar-refractivity contribution is 0.0998. The fourth-order valence-corrected chi connectivity index (χ4v) is 2.54. The monoisotopic (exact) mass is 262 g/mol. The number of aromatic nitrogens is 2. The zero-order chi connectivity index (χ0) is 13.4. The molecule has 19 heavy (non-hydrogen) atoms. The van der Waals surface area contributed by atoms with Crippen LogP contribution in [0.1, 0.15) is 34.6 Å². The van der Waals surface area contributed by atoms with Crippen LogP contribution in [0.4, 0.5) is 4.39 Å². The summed E-state index contributed by atoms with van der Waals surface area (Å²) in [6, 6.07) is 0. The molecule has 2 aliphatic rings. The number of fused-ring (bicyclic) bond motifs is 1. The minimum absolute atomic E-state index is 0.183. The van der Waals surface area contributed by atoms with Crippen LogP contribution in [-0.4, -0.2) is 22.2 Å². The predicted octanol–water partition coefficient (Wildman–Crippen LogP) is 1.12. The molecule has 0 bridgehead atoms. The second-order valence-electron chi connectivity index (χ2n) is 4.72. The molecule has 6 heteroatoms. The lowest BCUT2D eigenvalue weighted by Gasteiger charge is -2.15. The molecule has 3 rings (SSSR count). The Morgan fingerprint density at radius 2 is 2.37 bits per heavy atom. The number of amides is 1. The highest BCUT2D eigenvalue weighted by atomic mass is 19.1. The predicted molar refractivity (Wildman–Crippen MR) is 68.9 cm³/mol. The molecule has 0 spiro atoms. The zero-order valence-corrected chi connectivity index (χ0v) is 10.4. The molecule has 100 valence electrons. The van der Waals surface area contributed by atoms with E-state index in [9.17, 15) is 9.18 Å². The topological polar surface area (TPSA) is 72.9 Å². The molecule has 0 radical (unpaired) electrons. The highest BCUT2D eigenvalue weighted by Crippen LogP contribution is 2.29. The Bertz CT molecular complexity index is 600. The molecule has 0 fully saturated rings. The first-order chi connectivity index (χ1) is 9.16. The summed E-state index contributed by atoms with van der Waals surface area (Å²) in [5.41, 5.74) is 7.81. The molecule has 1 aliphatic heterocycles. The van der Waals surface area contributed by atoms with Gasteiger partial charge in [-0.3, -0.25) is 9.48 Å². The second kappa shape index (κ2) is 4.62. The van der Waals surface area contributed by atoms with Crippen LogP contribution in [-0.2, 0) is 13.1 Å². The maximum Gasteiger partial charge on any atom is 0.252 e. The SMILES string of the molecule is NC(=O)c1c(C2=CCCC(F)=C2)nn2c1CNCC2. The Morgan fingerprint density at radius 3 is 3.11 bits per heavy atom. The molecular weight excluding hydrogens is 247 g/mol. The van der Waals surface area contributed by atoms with E-state index >= 15 is 0 Å². The number of allylic oxidation sites excluding steroid dienone is 4. The van der Waals surface area contributed by atoms with Crippen LogP contribution >= 0.6 is 0 Å². The smallest absolute Gasteiger partial charge is 0.252 e. The summed E-state index contributed by atoms with van der Waals surface area (Å²) >= 11 is 0. The van der Waals surface area contributed by atoms with E-state index < -0.39 is 5.91 Å². The van der Waals surface area contributed by atoms with Crippen molar-refractivity contribution in [2.75, 3.05) is 6.54 Å². The Kier molecular flexibility index (Phi) is 2.94. The van der Waals surface area contributed by atoms with E-state index in [2.05, 4.69) is 10.4 Å². The van der Waals surface area contributed by atoms with E-state index in [4.69, 9.17) is 5.73 Å². The number of rotatable bonds is 2. The van der Waals surface area contributed by atoms with Crippen molar-refractivity contribution in [3.63, 3.8) is 0 Å². The van der Waals surface area contributed by atoms with E-state index in [1.165, 1.54) is 6.08 Å². The quantitative estimate of drug-likeness (QED) is 0.838. The number of nitrogens with one attached hydrogen (secondary N) is 1. The summed E-state index contributed by atoms with van der Waals surface area (Å²) in [5, 5.41) is 7.61. The number of nitrogens with zero attached hydrogens (tertiary/aromatic N) is 2. The van der Waals surface area contributed by atoms with Crippen molar-refractivity contribution in [2.24, 2.45) is 5.73 Å². The Balaban J connectivity index is 2.13. The van der Waals surface area contributed by atoms with Gasteiger partial charge < -0.3 is 11.1 Å². The molecule has 0 atom stereocenters. The van der Waals surface area contributed by atoms with Gasteiger partial charge in [0.2, 0.25) is 0 Å². The highest BCUT2D eigenvalue weighted by molar-refractivity contribution is 5.99. The first-order valence-corrected chi connectivity index (χ1v) is 6.33. The van der Waals surface area contributed by atoms with Gasteiger partial charge in [0, 0.05) is 25.1 Å². The molecule has 0 unspecified atom stereocenters. The standard InChI is InChI=1S/C13H15FN4O/c14-9-3-1-2-8(6-9)12-11(13(15)19)10-7-16-4-5-18(10)17-12/h2,6,16H,1,3-5,7H2,(H2,15,19). The average Bonchev–Trinajstić information content (AvgIpc) is 2.78. The van der Waals surface area contributed by atoms with Crippen LogP contribution in [0.3, 0.4) is 0 Å². The molecular formula is C13H15FN4O. The van der Waals surface area contributed by atoms with E-state index in [1.807, 2.05) is 6.08 Å². The highest BCUT2D eigenvalue weighted by Gasteiger charge is 2.25. The van der Waals surface area contributed by atoms with Gasteiger partial charge in [-0.05, 0) is 12.5 Å². The Morgan fingerprint density at radius 1 is 1.53 bits per heavy atom. The van der Waals surface area contributed by atoms with Gasteiger partial charge in [-0.25, -0.2) is 4.39 Å². The van der Waals surface area contributed by atoms with Crippen molar-refractivity contribution in [2.45, 2.75) is 25.9 Å². The van der Waals surface area contributed by atoms with Crippen LogP contribution in [0.2, 0.25) is 0 Å². The van der Waals surface area contributed by atoms with Gasteiger partial charge in [0.1, 0.15) is 11.5 Å². The minimum Gasteiger partial charge on any atom is -0.365 e. The van der Waals surface area contributed by atoms with Gasteiger partial charge in [-0.2, -0.15) is 5.10 Å². The lowest BCUT2D eigenvalue weighted by Crippen LogP contribution is -2.30. The van der Waals surface area contributed by atoms with Gasteiger partial charge in [-0.15, -0.1) is 0 Å². The van der Waals surface area contributed by atoms with E-state index in [0.29, 0.717) is 42.8 Å². The first-order valence-electron chi connectivity index (χ1n) is 6.33. The summed E-state index contributed by atoms with van der Waals surface area (Å²) in [4.78, 5) is 11.7. The van der Waals surface area contributed by atoms with Gasteiger partial charge in [-0.1, -0.05) is 6.08 Å². The number of hydrogen-bond acceptors (Lipinski definition) is 3. The van der Waals surface area contributed by atoms with Crippen molar-refractivity contribution in [1.29, 1.82) is 0 Å². The maximum absolute atomic E-state index is 13.4. The number of carbonyl (C=O) groups excluding carboxylic acids is 1. The number of primary amides is 1. The van der Waals surface area contributed by atoms with Crippen LogP contribution in [0, 0.1) is 0 Å². The van der Waals surface area contributed by atoms with E-state index in [-0.39, 0.29) is 5.83 Å². The molecule has 1 aliphatic carbocycles. The van der Waals surface area contributed by atoms with Crippen molar-refractivity contribution in [3.05, 3.63) is 34.9 Å². The van der Waals surface area contributed by atoms with Gasteiger partial charge in [0.15, 0.2) is 0 Å². The third-order valence-electron chi connectivity index (χ3n) is 3.43. The summed E-state index contributed by atoms with van der Waals surface area (Å²) in [6.07, 6.45) is 4.37. The largest absolute Gasteiger partial charge is 0.365 e. The van der Waals surface area contributed by atoms with Crippen LogP contribution in [0.25, 0.3) is 5.57 Å². The zero-order valence-electron chi connectivity index (χ0n) is 10.4. The molecule has 0 saturated heterocycles. The molecule has 3 N–H and O–H groups in total. The molecule has 5 nitrogen and oxygen atoms in total. The van der Waals surface area contributed by atoms with Crippen LogP contribution in [0.5, 0.6) is 0 Å². The summed E-state index contributed by atoms with van der Waals surface area (Å²) in [7, 11) is 0. The Hall–Kier alpha value is -1.95. The van der Waals surface area contributed by atoms with Crippen molar-refractivity contribution in [1.82, 2.24) is 15.1 Å². The molecule has 0 aromatic carbocycles. The molecule has 0 saturated carbocycles. The Labute approximate surface area is 110 Å². The van der Waals surface area contributed by atoms with Crippen LogP contribution < -0.4 is 11.1 Å². The van der Waals surface area contributed by atoms with Crippen molar-refractivity contribution < 1.29 is 9.18 Å². The van der Waals surface area contributed by atoms with Gasteiger partial charge in [0.25, 0.3) is 5.91 Å². The van der Waals surface area contributed by atoms with Crippen LogP contribution in [0.15, 0.2) is 18.0 Å². The maximum atomic E-state index is 13.4. The van der Waals surface area contributed by atoms with Gasteiger partial charge in [0.05, 0.1) is 17.8 Å². The first kappa shape index (κ1) is 12.1. The number of nitrogens with two attached hydrogens (primary N) is 1. The fourth-order valence-electron chi connectivity index (χ4n) is 2.54. The molecule has 2 heterocycles. The number of carbonyl (C=O) groups is 1. The normalized spacial score (nSPS) is 18.6.